The highest BCUT2D eigenvalue weighted by molar-refractivity contribution is 5.92. The molecule has 2 aliphatic heterocycles. The zero-order chi connectivity index (χ0) is 19.7. The van der Waals surface area contributed by atoms with Crippen LogP contribution in [0.1, 0.15) is 41.5 Å². The Labute approximate surface area is 165 Å². The number of benzene rings is 1. The first kappa shape index (κ1) is 18.8. The highest BCUT2D eigenvalue weighted by Gasteiger charge is 2.32. The van der Waals surface area contributed by atoms with Crippen LogP contribution >= 0.6 is 0 Å². The minimum atomic E-state index is -0.0104. The quantitative estimate of drug-likeness (QED) is 0.811. The summed E-state index contributed by atoms with van der Waals surface area (Å²) in [6.07, 6.45) is 2.39. The van der Waals surface area contributed by atoms with Crippen molar-refractivity contribution in [2.24, 2.45) is 7.05 Å². The normalized spacial score (nSPS) is 20.5. The van der Waals surface area contributed by atoms with Crippen molar-refractivity contribution in [3.05, 3.63) is 41.2 Å². The molecule has 1 fully saturated rings. The minimum absolute atomic E-state index is 0.0104. The molecular formula is C21H29N4O3+. The van der Waals surface area contributed by atoms with Gasteiger partial charge < -0.3 is 19.3 Å². The van der Waals surface area contributed by atoms with E-state index in [0.717, 1.165) is 42.3 Å². The average molecular weight is 385 g/mol. The molecule has 2 atom stereocenters. The molecule has 28 heavy (non-hydrogen) atoms. The van der Waals surface area contributed by atoms with Crippen LogP contribution in [0.15, 0.2) is 24.3 Å². The topological polar surface area (TPSA) is 61.0 Å². The van der Waals surface area contributed by atoms with Gasteiger partial charge in [-0.2, -0.15) is 5.10 Å². The lowest BCUT2D eigenvalue weighted by Crippen LogP contribution is -3.14. The summed E-state index contributed by atoms with van der Waals surface area (Å²) in [6.45, 7) is 8.01. The van der Waals surface area contributed by atoms with Crippen LogP contribution in [0.2, 0.25) is 0 Å². The first-order valence-corrected chi connectivity index (χ1v) is 10.1. The Hall–Kier alpha value is -2.54. The number of aromatic nitrogens is 2. The van der Waals surface area contributed by atoms with Crippen LogP contribution in [0.4, 0.5) is 0 Å². The van der Waals surface area contributed by atoms with Crippen molar-refractivity contribution in [3.8, 4) is 11.5 Å². The number of hydrogen-bond acceptors (Lipinski definition) is 4. The molecule has 0 bridgehead atoms. The van der Waals surface area contributed by atoms with Crippen molar-refractivity contribution in [1.29, 1.82) is 0 Å². The fourth-order valence-corrected chi connectivity index (χ4v) is 4.24. The standard InChI is InChI=1S/C21H28N4O3/c1-4-24-9-5-6-17(24)13-25(21(26)18-10-15(2)23(3)22-18)12-16-7-8-19-20(11-16)28-14-27-19/h7-8,10-11,17H,4-6,9,12-14H2,1-3H3/p+1/t17-/m0/s1. The third kappa shape index (κ3) is 3.71. The van der Waals surface area contributed by atoms with Crippen molar-refractivity contribution in [3.63, 3.8) is 0 Å². The third-order valence-corrected chi connectivity index (χ3v) is 5.95. The second-order valence-corrected chi connectivity index (χ2v) is 7.77. The number of hydrogen-bond donors (Lipinski definition) is 1. The Kier molecular flexibility index (Phi) is 5.26. The summed E-state index contributed by atoms with van der Waals surface area (Å²) in [4.78, 5) is 16.8. The Bertz CT molecular complexity index is 844. The fraction of sp³-hybridized carbons (Fsp3) is 0.524. The third-order valence-electron chi connectivity index (χ3n) is 5.95. The van der Waals surface area contributed by atoms with Crippen molar-refractivity contribution < 1.29 is 19.2 Å². The van der Waals surface area contributed by atoms with E-state index >= 15 is 0 Å². The largest absolute Gasteiger partial charge is 0.454 e. The predicted molar refractivity (Wildman–Crippen MR) is 105 cm³/mol. The number of carbonyl (C=O) groups is 1. The lowest BCUT2D eigenvalue weighted by molar-refractivity contribution is -0.909. The lowest BCUT2D eigenvalue weighted by atomic mass is 10.1. The zero-order valence-electron chi connectivity index (χ0n) is 16.9. The molecule has 7 heteroatoms. The molecular weight excluding hydrogens is 356 g/mol. The summed E-state index contributed by atoms with van der Waals surface area (Å²) in [5.74, 6) is 1.50. The van der Waals surface area contributed by atoms with E-state index in [1.165, 1.54) is 13.0 Å². The maximum absolute atomic E-state index is 13.3. The average Bonchev–Trinajstić information content (AvgIpc) is 3.41. The summed E-state index contributed by atoms with van der Waals surface area (Å²) < 4.78 is 12.7. The molecule has 0 radical (unpaired) electrons. The predicted octanol–water partition coefficient (Wildman–Crippen LogP) is 1.17. The summed E-state index contributed by atoms with van der Waals surface area (Å²) in [6, 6.07) is 8.26. The van der Waals surface area contributed by atoms with E-state index in [9.17, 15) is 4.79 Å². The molecule has 0 spiro atoms. The van der Waals surface area contributed by atoms with Gasteiger partial charge in [0.25, 0.3) is 5.91 Å². The molecule has 0 aliphatic carbocycles. The molecule has 1 saturated heterocycles. The molecule has 1 unspecified atom stereocenters. The highest BCUT2D eigenvalue weighted by Crippen LogP contribution is 2.33. The van der Waals surface area contributed by atoms with E-state index in [1.54, 1.807) is 9.58 Å². The summed E-state index contributed by atoms with van der Waals surface area (Å²) in [7, 11) is 1.87. The monoisotopic (exact) mass is 385 g/mol. The fourth-order valence-electron chi connectivity index (χ4n) is 4.24. The molecule has 2 aliphatic rings. The van der Waals surface area contributed by atoms with Crippen LogP contribution in [0, 0.1) is 6.92 Å². The van der Waals surface area contributed by atoms with E-state index in [0.29, 0.717) is 18.3 Å². The van der Waals surface area contributed by atoms with E-state index in [4.69, 9.17) is 9.47 Å². The molecule has 1 aromatic carbocycles. The number of quaternary nitrogens is 1. The molecule has 7 nitrogen and oxygen atoms in total. The van der Waals surface area contributed by atoms with Gasteiger partial charge in [-0.1, -0.05) is 6.07 Å². The SMILES string of the molecule is CC[NH+]1CCC[C@H]1CN(Cc1ccc2c(c1)OCO2)C(=O)c1cc(C)n(C)n1. The molecule has 1 aromatic heterocycles. The molecule has 0 saturated carbocycles. The molecule has 150 valence electrons. The summed E-state index contributed by atoms with van der Waals surface area (Å²) >= 11 is 0. The number of rotatable bonds is 6. The van der Waals surface area contributed by atoms with Gasteiger partial charge in [0.2, 0.25) is 6.79 Å². The summed E-state index contributed by atoms with van der Waals surface area (Å²) in [5.41, 5.74) is 2.53. The Morgan fingerprint density at radius 3 is 2.89 bits per heavy atom. The van der Waals surface area contributed by atoms with E-state index in [1.807, 2.05) is 43.1 Å². The van der Waals surface area contributed by atoms with Gasteiger partial charge >= 0.3 is 0 Å². The van der Waals surface area contributed by atoms with Crippen molar-refractivity contribution >= 4 is 5.91 Å². The number of amides is 1. The van der Waals surface area contributed by atoms with E-state index < -0.39 is 0 Å². The molecule has 1 amide bonds. The van der Waals surface area contributed by atoms with Gasteiger partial charge in [-0.15, -0.1) is 0 Å². The van der Waals surface area contributed by atoms with Crippen LogP contribution in [0.5, 0.6) is 11.5 Å². The number of fused-ring (bicyclic) bond motifs is 1. The van der Waals surface area contributed by atoms with Gasteiger partial charge in [-0.3, -0.25) is 9.48 Å². The van der Waals surface area contributed by atoms with Crippen LogP contribution in [-0.2, 0) is 13.6 Å². The number of nitrogens with zero attached hydrogens (tertiary/aromatic N) is 3. The Balaban J connectivity index is 1.58. The number of ether oxygens (including phenoxy) is 2. The van der Waals surface area contributed by atoms with Crippen molar-refractivity contribution in [2.45, 2.75) is 39.3 Å². The molecule has 1 N–H and O–H groups in total. The van der Waals surface area contributed by atoms with Gasteiger partial charge in [0.05, 0.1) is 19.6 Å². The van der Waals surface area contributed by atoms with Gasteiger partial charge in [0, 0.05) is 32.1 Å². The lowest BCUT2D eigenvalue weighted by Gasteiger charge is -2.28. The first-order valence-electron chi connectivity index (χ1n) is 10.1. The number of carbonyl (C=O) groups excluding carboxylic acids is 1. The smallest absolute Gasteiger partial charge is 0.274 e. The highest BCUT2D eigenvalue weighted by atomic mass is 16.7. The Morgan fingerprint density at radius 2 is 2.14 bits per heavy atom. The maximum atomic E-state index is 13.3. The summed E-state index contributed by atoms with van der Waals surface area (Å²) in [5, 5.41) is 4.42. The minimum Gasteiger partial charge on any atom is -0.454 e. The second-order valence-electron chi connectivity index (χ2n) is 7.77. The second kappa shape index (κ2) is 7.83. The van der Waals surface area contributed by atoms with Crippen LogP contribution in [0.3, 0.4) is 0 Å². The zero-order valence-corrected chi connectivity index (χ0v) is 16.9. The molecule has 3 heterocycles. The van der Waals surface area contributed by atoms with Gasteiger partial charge in [-0.25, -0.2) is 0 Å². The van der Waals surface area contributed by atoms with Gasteiger partial charge in [0.1, 0.15) is 6.04 Å². The molecule has 2 aromatic rings. The number of likely N-dealkylation sites (N-methyl/N-ethyl adjacent to an activating group) is 1. The van der Waals surface area contributed by atoms with E-state index in [2.05, 4.69) is 12.0 Å². The van der Waals surface area contributed by atoms with Crippen LogP contribution < -0.4 is 14.4 Å². The maximum Gasteiger partial charge on any atom is 0.274 e. The van der Waals surface area contributed by atoms with Crippen LogP contribution in [0.25, 0.3) is 0 Å². The van der Waals surface area contributed by atoms with Crippen LogP contribution in [-0.4, -0.2) is 53.1 Å². The molecule has 4 rings (SSSR count). The Morgan fingerprint density at radius 1 is 1.32 bits per heavy atom. The first-order chi connectivity index (χ1) is 13.5. The van der Waals surface area contributed by atoms with Gasteiger partial charge in [0.15, 0.2) is 17.2 Å². The number of likely N-dealkylation sites (tertiary alicyclic amines) is 1. The van der Waals surface area contributed by atoms with Crippen molar-refractivity contribution in [2.75, 3.05) is 26.4 Å². The number of aryl methyl sites for hydroxylation is 2. The van der Waals surface area contributed by atoms with Gasteiger partial charge in [-0.05, 0) is 37.6 Å². The van der Waals surface area contributed by atoms with Crippen molar-refractivity contribution in [1.82, 2.24) is 14.7 Å². The van der Waals surface area contributed by atoms with E-state index in [-0.39, 0.29) is 12.7 Å². The number of nitrogens with one attached hydrogen (secondary N) is 1.